The van der Waals surface area contributed by atoms with Crippen molar-refractivity contribution in [3.63, 3.8) is 0 Å². The van der Waals surface area contributed by atoms with E-state index in [1.807, 2.05) is 17.5 Å². The lowest BCUT2D eigenvalue weighted by Crippen LogP contribution is -2.08. The van der Waals surface area contributed by atoms with Crippen molar-refractivity contribution >= 4 is 17.3 Å². The lowest BCUT2D eigenvalue weighted by molar-refractivity contribution is 0.0510. The Morgan fingerprint density at radius 1 is 1.39 bits per heavy atom. The van der Waals surface area contributed by atoms with Crippen molar-refractivity contribution in [1.29, 1.82) is 0 Å². The number of hydrogen-bond acceptors (Lipinski definition) is 3. The Bertz CT molecular complexity index is 535. The molecule has 0 amide bonds. The maximum Gasteiger partial charge on any atom is 0.338 e. The molecule has 1 aromatic carbocycles. The molecule has 0 aliphatic heterocycles. The predicted octanol–water partition coefficient (Wildman–Crippen LogP) is 3.60. The number of halogens is 1. The van der Waals surface area contributed by atoms with Crippen molar-refractivity contribution in [3.05, 3.63) is 57.5 Å². The summed E-state index contributed by atoms with van der Waals surface area (Å²) >= 11 is 1.63. The fraction of sp³-hybridized carbons (Fsp3) is 0.214. The summed E-state index contributed by atoms with van der Waals surface area (Å²) in [5, 5.41) is 1.99. The van der Waals surface area contributed by atoms with Crippen LogP contribution in [-0.4, -0.2) is 12.6 Å². The minimum Gasteiger partial charge on any atom is -0.462 e. The molecule has 1 aromatic heterocycles. The van der Waals surface area contributed by atoms with Crippen LogP contribution in [0, 0.1) is 12.7 Å². The summed E-state index contributed by atoms with van der Waals surface area (Å²) in [6, 6.07) is 8.19. The molecule has 0 saturated carbocycles. The number of benzene rings is 1. The normalized spacial score (nSPS) is 10.3. The van der Waals surface area contributed by atoms with Crippen molar-refractivity contribution in [2.45, 2.75) is 13.3 Å². The Kier molecular flexibility index (Phi) is 4.10. The van der Waals surface area contributed by atoms with E-state index in [-0.39, 0.29) is 5.82 Å². The zero-order valence-electron chi connectivity index (χ0n) is 9.98. The topological polar surface area (TPSA) is 26.3 Å². The Hall–Kier alpha value is -1.68. The summed E-state index contributed by atoms with van der Waals surface area (Å²) in [7, 11) is 0. The van der Waals surface area contributed by atoms with Crippen LogP contribution in [-0.2, 0) is 11.2 Å². The van der Waals surface area contributed by atoms with Gasteiger partial charge < -0.3 is 4.74 Å². The van der Waals surface area contributed by atoms with Gasteiger partial charge in [0.05, 0.1) is 12.2 Å². The number of carbonyl (C=O) groups excluding carboxylic acids is 1. The standard InChI is InChI=1S/C14H13FO2S/c1-10-9-11(4-5-13(10)15)14(16)17-7-6-12-3-2-8-18-12/h2-5,8-9H,6-7H2,1H3. The molecule has 0 bridgehead atoms. The van der Waals surface area contributed by atoms with Gasteiger partial charge in [-0.15, -0.1) is 11.3 Å². The molecule has 0 atom stereocenters. The average molecular weight is 264 g/mol. The molecule has 18 heavy (non-hydrogen) atoms. The van der Waals surface area contributed by atoms with Crippen LogP contribution in [0.15, 0.2) is 35.7 Å². The van der Waals surface area contributed by atoms with Crippen LogP contribution in [0.2, 0.25) is 0 Å². The van der Waals surface area contributed by atoms with E-state index < -0.39 is 5.97 Å². The molecule has 0 aliphatic carbocycles. The number of hydrogen-bond donors (Lipinski definition) is 0. The Labute approximate surface area is 109 Å². The van der Waals surface area contributed by atoms with Gasteiger partial charge in [-0.05, 0) is 42.1 Å². The highest BCUT2D eigenvalue weighted by molar-refractivity contribution is 7.09. The molecular formula is C14H13FO2S. The van der Waals surface area contributed by atoms with Gasteiger partial charge in [0.1, 0.15) is 5.82 Å². The molecule has 0 radical (unpaired) electrons. The second-order valence-corrected chi connectivity index (χ2v) is 4.96. The third-order valence-corrected chi connectivity index (χ3v) is 3.49. The summed E-state index contributed by atoms with van der Waals surface area (Å²) in [5.74, 6) is -0.722. The van der Waals surface area contributed by atoms with Gasteiger partial charge in [0.15, 0.2) is 0 Å². The SMILES string of the molecule is Cc1cc(C(=O)OCCc2cccs2)ccc1F. The first-order valence-electron chi connectivity index (χ1n) is 5.62. The number of ether oxygens (including phenoxy) is 1. The number of thiophene rings is 1. The monoisotopic (exact) mass is 264 g/mol. The molecule has 0 saturated heterocycles. The fourth-order valence-corrected chi connectivity index (χ4v) is 2.24. The highest BCUT2D eigenvalue weighted by Crippen LogP contribution is 2.12. The van der Waals surface area contributed by atoms with E-state index in [2.05, 4.69) is 0 Å². The molecule has 0 spiro atoms. The van der Waals surface area contributed by atoms with E-state index in [4.69, 9.17) is 4.74 Å². The minimum absolute atomic E-state index is 0.315. The Morgan fingerprint density at radius 2 is 2.22 bits per heavy atom. The second kappa shape index (κ2) is 5.78. The number of aryl methyl sites for hydroxylation is 1. The smallest absolute Gasteiger partial charge is 0.338 e. The molecule has 2 aromatic rings. The molecule has 2 rings (SSSR count). The molecule has 1 heterocycles. The highest BCUT2D eigenvalue weighted by Gasteiger charge is 2.09. The zero-order valence-corrected chi connectivity index (χ0v) is 10.8. The largest absolute Gasteiger partial charge is 0.462 e. The van der Waals surface area contributed by atoms with Crippen molar-refractivity contribution in [2.24, 2.45) is 0 Å². The Morgan fingerprint density at radius 3 is 2.89 bits per heavy atom. The van der Waals surface area contributed by atoms with Crippen molar-refractivity contribution in [1.82, 2.24) is 0 Å². The van der Waals surface area contributed by atoms with Gasteiger partial charge >= 0.3 is 5.97 Å². The van der Waals surface area contributed by atoms with Crippen LogP contribution in [0.3, 0.4) is 0 Å². The van der Waals surface area contributed by atoms with Crippen LogP contribution < -0.4 is 0 Å². The predicted molar refractivity (Wildman–Crippen MR) is 69.4 cm³/mol. The van der Waals surface area contributed by atoms with Crippen molar-refractivity contribution in [3.8, 4) is 0 Å². The maximum atomic E-state index is 13.0. The summed E-state index contributed by atoms with van der Waals surface area (Å²) in [4.78, 5) is 12.9. The number of esters is 1. The molecule has 0 aliphatic rings. The quantitative estimate of drug-likeness (QED) is 0.789. The van der Waals surface area contributed by atoms with Crippen LogP contribution in [0.5, 0.6) is 0 Å². The third kappa shape index (κ3) is 3.17. The molecule has 2 nitrogen and oxygen atoms in total. The molecule has 4 heteroatoms. The third-order valence-electron chi connectivity index (χ3n) is 2.56. The van der Waals surface area contributed by atoms with Gasteiger partial charge in [0.2, 0.25) is 0 Å². The van der Waals surface area contributed by atoms with Crippen LogP contribution in [0.1, 0.15) is 20.8 Å². The molecule has 0 unspecified atom stereocenters. The highest BCUT2D eigenvalue weighted by atomic mass is 32.1. The molecule has 94 valence electrons. The van der Waals surface area contributed by atoms with Crippen LogP contribution >= 0.6 is 11.3 Å². The van der Waals surface area contributed by atoms with E-state index in [1.165, 1.54) is 23.1 Å². The van der Waals surface area contributed by atoms with Crippen LogP contribution in [0.25, 0.3) is 0 Å². The molecule has 0 fully saturated rings. The van der Waals surface area contributed by atoms with Gasteiger partial charge in [-0.2, -0.15) is 0 Å². The van der Waals surface area contributed by atoms with E-state index in [0.717, 1.165) is 0 Å². The van der Waals surface area contributed by atoms with Crippen LogP contribution in [0.4, 0.5) is 4.39 Å². The Balaban J connectivity index is 1.89. The summed E-state index contributed by atoms with van der Waals surface area (Å²) in [6.45, 7) is 1.97. The maximum absolute atomic E-state index is 13.0. The van der Waals surface area contributed by atoms with Gasteiger partial charge in [-0.3, -0.25) is 0 Å². The first-order chi connectivity index (χ1) is 8.66. The van der Waals surface area contributed by atoms with Gasteiger partial charge in [-0.25, -0.2) is 9.18 Å². The van der Waals surface area contributed by atoms with Gasteiger partial charge in [-0.1, -0.05) is 6.07 Å². The lowest BCUT2D eigenvalue weighted by atomic mass is 10.1. The number of rotatable bonds is 4. The van der Waals surface area contributed by atoms with Crippen molar-refractivity contribution in [2.75, 3.05) is 6.61 Å². The van der Waals surface area contributed by atoms with E-state index in [1.54, 1.807) is 18.3 Å². The van der Waals surface area contributed by atoms with E-state index >= 15 is 0 Å². The van der Waals surface area contributed by atoms with E-state index in [0.29, 0.717) is 24.2 Å². The molecule has 0 N–H and O–H groups in total. The minimum atomic E-state index is -0.408. The molecular weight excluding hydrogens is 251 g/mol. The van der Waals surface area contributed by atoms with Crippen molar-refractivity contribution < 1.29 is 13.9 Å². The summed E-state index contributed by atoms with van der Waals surface area (Å²) < 4.78 is 18.2. The fourth-order valence-electron chi connectivity index (χ4n) is 1.55. The summed E-state index contributed by atoms with van der Waals surface area (Å²) in [5.41, 5.74) is 0.836. The van der Waals surface area contributed by atoms with Gasteiger partial charge in [0.25, 0.3) is 0 Å². The second-order valence-electron chi connectivity index (χ2n) is 3.93. The average Bonchev–Trinajstić information content (AvgIpc) is 2.85. The van der Waals surface area contributed by atoms with E-state index in [9.17, 15) is 9.18 Å². The summed E-state index contributed by atoms with van der Waals surface area (Å²) in [6.07, 6.45) is 0.712. The number of carbonyl (C=O) groups is 1. The lowest BCUT2D eigenvalue weighted by Gasteiger charge is -2.05. The van der Waals surface area contributed by atoms with Gasteiger partial charge in [0, 0.05) is 11.3 Å². The first-order valence-corrected chi connectivity index (χ1v) is 6.50. The zero-order chi connectivity index (χ0) is 13.0. The first kappa shape index (κ1) is 12.8.